The summed E-state index contributed by atoms with van der Waals surface area (Å²) in [6.07, 6.45) is 9.05. The summed E-state index contributed by atoms with van der Waals surface area (Å²) in [6, 6.07) is 78.9. The second-order valence-corrected chi connectivity index (χ2v) is 16.4. The molecule has 3 nitrogen and oxygen atoms in total. The summed E-state index contributed by atoms with van der Waals surface area (Å²) in [5.74, 6) is 0.341. The molecule has 0 amide bonds. The molecule has 3 heteroatoms. The first-order valence-corrected chi connectivity index (χ1v) is 21.8. The van der Waals surface area contributed by atoms with Gasteiger partial charge in [-0.25, -0.2) is 0 Å². The second-order valence-electron chi connectivity index (χ2n) is 16.4. The van der Waals surface area contributed by atoms with E-state index in [4.69, 9.17) is 4.42 Å². The molecule has 0 bridgehead atoms. The number of hydrogen-bond acceptors (Lipinski definition) is 3. The molecule has 1 aromatic heterocycles. The van der Waals surface area contributed by atoms with Gasteiger partial charge in [-0.2, -0.15) is 0 Å². The molecule has 1 aliphatic heterocycles. The standard InChI is InChI=1S/C60H42N2O/c1-2-15-41(16-3-1)43-33-37-46(38-34-43)61(56-25-10-7-20-51(56)53-22-14-23-54-52-21-8-13-28-59(52)63-60(53)54)47-39-35-44(36-40-47)42-29-31-45(32-30-42)48-17-4-9-24-55(48)62-57-26-11-5-18-49(57)50-19-6-12-27-58(50)62/h1-40,49,57H. The first-order valence-electron chi connectivity index (χ1n) is 21.8. The monoisotopic (exact) mass is 806 g/mol. The maximum absolute atomic E-state index is 6.59. The van der Waals surface area contributed by atoms with Gasteiger partial charge in [0, 0.05) is 56.1 Å². The summed E-state index contributed by atoms with van der Waals surface area (Å²) >= 11 is 0. The van der Waals surface area contributed by atoms with Crippen molar-refractivity contribution in [3.05, 3.63) is 248 Å². The number of benzene rings is 9. The molecule has 1 aliphatic carbocycles. The Labute approximate surface area is 367 Å². The van der Waals surface area contributed by atoms with Crippen molar-refractivity contribution in [2.75, 3.05) is 9.80 Å². The Morgan fingerprint density at radius 3 is 1.68 bits per heavy atom. The molecule has 2 atom stereocenters. The van der Waals surface area contributed by atoms with Gasteiger partial charge in [0.25, 0.3) is 0 Å². The Balaban J connectivity index is 0.912. The van der Waals surface area contributed by atoms with E-state index < -0.39 is 0 Å². The van der Waals surface area contributed by atoms with Gasteiger partial charge in [0.05, 0.1) is 11.7 Å². The van der Waals surface area contributed by atoms with E-state index in [-0.39, 0.29) is 6.04 Å². The number of nitrogens with zero attached hydrogens (tertiary/aromatic N) is 2. The van der Waals surface area contributed by atoms with Crippen LogP contribution in [0.2, 0.25) is 0 Å². The molecule has 0 spiro atoms. The summed E-state index contributed by atoms with van der Waals surface area (Å²) in [7, 11) is 0. The third kappa shape index (κ3) is 6.36. The van der Waals surface area contributed by atoms with Gasteiger partial charge < -0.3 is 14.2 Å². The predicted molar refractivity (Wildman–Crippen MR) is 264 cm³/mol. The van der Waals surface area contributed by atoms with Gasteiger partial charge in [-0.3, -0.25) is 0 Å². The third-order valence-corrected chi connectivity index (χ3v) is 12.8. The molecule has 298 valence electrons. The zero-order valence-electron chi connectivity index (χ0n) is 34.6. The predicted octanol–water partition coefficient (Wildman–Crippen LogP) is 16.5. The zero-order chi connectivity index (χ0) is 41.7. The SMILES string of the molecule is C1=CC2c3ccccc3N(c3ccccc3-c3ccc(-c4ccc(N(c5ccc(-c6ccccc6)cc5)c5ccccc5-c5cccc6c5oc5ccccc56)cc4)cc3)C2C=C1. The van der Waals surface area contributed by atoms with Crippen LogP contribution in [0.15, 0.2) is 247 Å². The topological polar surface area (TPSA) is 19.6 Å². The van der Waals surface area contributed by atoms with E-state index in [0.29, 0.717) is 5.92 Å². The number of allylic oxidation sites excluding steroid dienone is 2. The smallest absolute Gasteiger partial charge is 0.143 e. The van der Waals surface area contributed by atoms with E-state index in [1.807, 2.05) is 12.1 Å². The summed E-state index contributed by atoms with van der Waals surface area (Å²) in [4.78, 5) is 4.89. The molecular formula is C60H42N2O. The highest BCUT2D eigenvalue weighted by atomic mass is 16.3. The largest absolute Gasteiger partial charge is 0.455 e. The molecule has 0 fully saturated rings. The molecule has 0 saturated heterocycles. The van der Waals surface area contributed by atoms with E-state index in [2.05, 4.69) is 240 Å². The van der Waals surface area contributed by atoms with Gasteiger partial charge in [0.2, 0.25) is 0 Å². The van der Waals surface area contributed by atoms with Crippen LogP contribution in [0.1, 0.15) is 11.5 Å². The van der Waals surface area contributed by atoms with Crippen LogP contribution in [-0.4, -0.2) is 6.04 Å². The highest BCUT2D eigenvalue weighted by molar-refractivity contribution is 6.10. The molecule has 2 unspecified atom stereocenters. The lowest BCUT2D eigenvalue weighted by Crippen LogP contribution is -2.28. The normalized spacial score (nSPS) is 15.1. The first kappa shape index (κ1) is 36.7. The van der Waals surface area contributed by atoms with Crippen molar-refractivity contribution in [2.45, 2.75) is 12.0 Å². The molecule has 10 aromatic rings. The highest BCUT2D eigenvalue weighted by Crippen LogP contribution is 2.50. The van der Waals surface area contributed by atoms with Crippen molar-refractivity contribution in [2.24, 2.45) is 0 Å². The minimum atomic E-state index is 0.249. The summed E-state index contributed by atoms with van der Waals surface area (Å²) in [5.41, 5.74) is 18.2. The van der Waals surface area contributed by atoms with E-state index in [0.717, 1.165) is 55.7 Å². The van der Waals surface area contributed by atoms with Crippen molar-refractivity contribution in [1.82, 2.24) is 0 Å². The average Bonchev–Trinajstić information content (AvgIpc) is 3.91. The first-order chi connectivity index (χ1) is 31.3. The zero-order valence-corrected chi connectivity index (χ0v) is 34.6. The number of furan rings is 1. The Bertz CT molecular complexity index is 3340. The molecule has 12 rings (SSSR count). The quantitative estimate of drug-likeness (QED) is 0.152. The van der Waals surface area contributed by atoms with Crippen LogP contribution in [0.5, 0.6) is 0 Å². The van der Waals surface area contributed by atoms with Gasteiger partial charge in [-0.05, 0) is 81.9 Å². The van der Waals surface area contributed by atoms with Gasteiger partial charge in [0.1, 0.15) is 11.2 Å². The molecule has 2 heterocycles. The van der Waals surface area contributed by atoms with E-state index in [1.165, 1.54) is 44.8 Å². The van der Waals surface area contributed by atoms with E-state index in [9.17, 15) is 0 Å². The minimum absolute atomic E-state index is 0.249. The fraction of sp³-hybridized carbons (Fsp3) is 0.0333. The van der Waals surface area contributed by atoms with Gasteiger partial charge in [-0.1, -0.05) is 194 Å². The molecule has 0 radical (unpaired) electrons. The maximum Gasteiger partial charge on any atom is 0.143 e. The minimum Gasteiger partial charge on any atom is -0.455 e. The molecule has 0 saturated carbocycles. The van der Waals surface area contributed by atoms with Crippen molar-refractivity contribution in [1.29, 1.82) is 0 Å². The highest BCUT2D eigenvalue weighted by Gasteiger charge is 2.37. The molecule has 9 aromatic carbocycles. The van der Waals surface area contributed by atoms with Gasteiger partial charge >= 0.3 is 0 Å². The lowest BCUT2D eigenvalue weighted by Gasteiger charge is -2.30. The van der Waals surface area contributed by atoms with Crippen molar-refractivity contribution in [3.8, 4) is 44.5 Å². The van der Waals surface area contributed by atoms with E-state index >= 15 is 0 Å². The lowest BCUT2D eigenvalue weighted by molar-refractivity contribution is 0.670. The van der Waals surface area contributed by atoms with Crippen LogP contribution in [0.25, 0.3) is 66.4 Å². The number of rotatable bonds is 8. The molecule has 63 heavy (non-hydrogen) atoms. The Morgan fingerprint density at radius 1 is 0.381 bits per heavy atom. The maximum atomic E-state index is 6.59. The Morgan fingerprint density at radius 2 is 0.921 bits per heavy atom. The third-order valence-electron chi connectivity index (χ3n) is 12.8. The number of hydrogen-bond donors (Lipinski definition) is 0. The van der Waals surface area contributed by atoms with Crippen LogP contribution in [-0.2, 0) is 0 Å². The van der Waals surface area contributed by atoms with Crippen LogP contribution in [0.3, 0.4) is 0 Å². The van der Waals surface area contributed by atoms with Gasteiger partial charge in [0.15, 0.2) is 0 Å². The summed E-state index contributed by atoms with van der Waals surface area (Å²) in [6.45, 7) is 0. The fourth-order valence-corrected chi connectivity index (χ4v) is 9.86. The van der Waals surface area contributed by atoms with E-state index in [1.54, 1.807) is 0 Å². The number of para-hydroxylation sites is 5. The second kappa shape index (κ2) is 15.4. The van der Waals surface area contributed by atoms with Crippen LogP contribution >= 0.6 is 0 Å². The van der Waals surface area contributed by atoms with Crippen LogP contribution in [0.4, 0.5) is 28.4 Å². The van der Waals surface area contributed by atoms with Crippen molar-refractivity contribution >= 4 is 50.4 Å². The fourth-order valence-electron chi connectivity index (χ4n) is 9.86. The lowest BCUT2D eigenvalue weighted by atomic mass is 9.91. The summed E-state index contributed by atoms with van der Waals surface area (Å²) < 4.78 is 6.59. The molecule has 0 N–H and O–H groups in total. The average molecular weight is 807 g/mol. The van der Waals surface area contributed by atoms with Crippen molar-refractivity contribution < 1.29 is 4.42 Å². The van der Waals surface area contributed by atoms with Crippen LogP contribution in [0, 0.1) is 0 Å². The number of anilines is 5. The van der Waals surface area contributed by atoms with Crippen LogP contribution < -0.4 is 9.80 Å². The summed E-state index contributed by atoms with van der Waals surface area (Å²) in [5, 5.41) is 2.24. The number of fused-ring (bicyclic) bond motifs is 6. The molecular weight excluding hydrogens is 765 g/mol. The Kier molecular flexibility index (Phi) is 8.97. The van der Waals surface area contributed by atoms with Gasteiger partial charge in [-0.15, -0.1) is 0 Å². The molecule has 2 aliphatic rings. The Hall–Kier alpha value is -8.14. The van der Waals surface area contributed by atoms with Crippen molar-refractivity contribution in [3.63, 3.8) is 0 Å².